The lowest BCUT2D eigenvalue weighted by molar-refractivity contribution is 0.718. The summed E-state index contributed by atoms with van der Waals surface area (Å²) in [5, 5.41) is 1.31. The van der Waals surface area contributed by atoms with Crippen molar-refractivity contribution < 1.29 is 0 Å². The third-order valence-electron chi connectivity index (χ3n) is 3.10. The normalized spacial score (nSPS) is 17.7. The number of hydrogen-bond acceptors (Lipinski definition) is 3. The van der Waals surface area contributed by atoms with Gasteiger partial charge in [-0.1, -0.05) is 12.8 Å². The van der Waals surface area contributed by atoms with Gasteiger partial charge in [0.1, 0.15) is 0 Å². The van der Waals surface area contributed by atoms with E-state index in [1.807, 2.05) is 17.5 Å². The third-order valence-corrected chi connectivity index (χ3v) is 4.26. The number of hydrogen-bond donors (Lipinski definition) is 0. The SMILES string of the molecule is Cc1cnc2nc(C3CCCC3)sc2c1. The average Bonchev–Trinajstić information content (AvgIpc) is 2.84. The van der Waals surface area contributed by atoms with Crippen molar-refractivity contribution in [1.29, 1.82) is 0 Å². The minimum Gasteiger partial charge on any atom is -0.236 e. The van der Waals surface area contributed by atoms with Crippen molar-refractivity contribution in [2.75, 3.05) is 0 Å². The molecular formula is C12H14N2S. The lowest BCUT2D eigenvalue weighted by atomic mass is 10.1. The number of aromatic nitrogens is 2. The highest BCUT2D eigenvalue weighted by molar-refractivity contribution is 7.18. The van der Waals surface area contributed by atoms with Crippen molar-refractivity contribution in [2.45, 2.75) is 38.5 Å². The van der Waals surface area contributed by atoms with Gasteiger partial charge in [0.05, 0.1) is 9.71 Å². The molecule has 2 aromatic rings. The molecule has 0 aromatic carbocycles. The Bertz CT molecular complexity index is 483. The Hall–Kier alpha value is -0.960. The highest BCUT2D eigenvalue weighted by Gasteiger charge is 2.20. The van der Waals surface area contributed by atoms with Crippen LogP contribution in [0.2, 0.25) is 0 Å². The van der Waals surface area contributed by atoms with E-state index in [9.17, 15) is 0 Å². The summed E-state index contributed by atoms with van der Waals surface area (Å²) in [7, 11) is 0. The highest BCUT2D eigenvalue weighted by Crippen LogP contribution is 2.37. The molecule has 0 unspecified atom stereocenters. The quantitative estimate of drug-likeness (QED) is 0.730. The first-order valence-corrected chi connectivity index (χ1v) is 6.37. The monoisotopic (exact) mass is 218 g/mol. The van der Waals surface area contributed by atoms with Crippen molar-refractivity contribution in [3.63, 3.8) is 0 Å². The first kappa shape index (κ1) is 9.28. The molecule has 1 fully saturated rings. The van der Waals surface area contributed by atoms with E-state index in [1.165, 1.54) is 41.0 Å². The van der Waals surface area contributed by atoms with Crippen LogP contribution in [-0.4, -0.2) is 9.97 Å². The maximum absolute atomic E-state index is 4.64. The smallest absolute Gasteiger partial charge is 0.170 e. The molecule has 0 aliphatic heterocycles. The van der Waals surface area contributed by atoms with E-state index in [-0.39, 0.29) is 0 Å². The van der Waals surface area contributed by atoms with Gasteiger partial charge in [-0.25, -0.2) is 9.97 Å². The number of nitrogens with zero attached hydrogens (tertiary/aromatic N) is 2. The second-order valence-corrected chi connectivity index (χ2v) is 5.43. The molecule has 1 aliphatic carbocycles. The molecule has 2 aromatic heterocycles. The van der Waals surface area contributed by atoms with Gasteiger partial charge in [0, 0.05) is 12.1 Å². The van der Waals surface area contributed by atoms with E-state index >= 15 is 0 Å². The van der Waals surface area contributed by atoms with E-state index in [4.69, 9.17) is 0 Å². The zero-order valence-electron chi connectivity index (χ0n) is 8.86. The van der Waals surface area contributed by atoms with Gasteiger partial charge in [0.25, 0.3) is 0 Å². The summed E-state index contributed by atoms with van der Waals surface area (Å²) in [5.41, 5.74) is 2.16. The maximum atomic E-state index is 4.64. The predicted molar refractivity (Wildman–Crippen MR) is 63.4 cm³/mol. The van der Waals surface area contributed by atoms with Gasteiger partial charge in [-0.05, 0) is 31.4 Å². The Kier molecular flexibility index (Phi) is 2.20. The number of thiazole rings is 1. The molecule has 3 rings (SSSR count). The summed E-state index contributed by atoms with van der Waals surface area (Å²) in [6.07, 6.45) is 7.28. The van der Waals surface area contributed by atoms with Gasteiger partial charge < -0.3 is 0 Å². The molecule has 0 atom stereocenters. The van der Waals surface area contributed by atoms with Crippen LogP contribution in [0.4, 0.5) is 0 Å². The molecule has 15 heavy (non-hydrogen) atoms. The highest BCUT2D eigenvalue weighted by atomic mass is 32.1. The van der Waals surface area contributed by atoms with Crippen LogP contribution in [0.25, 0.3) is 10.3 Å². The maximum Gasteiger partial charge on any atom is 0.170 e. The van der Waals surface area contributed by atoms with Crippen molar-refractivity contribution in [3.05, 3.63) is 22.8 Å². The summed E-state index contributed by atoms with van der Waals surface area (Å²) >= 11 is 1.84. The van der Waals surface area contributed by atoms with Crippen LogP contribution >= 0.6 is 11.3 Å². The van der Waals surface area contributed by atoms with Gasteiger partial charge in [-0.15, -0.1) is 11.3 Å². The average molecular weight is 218 g/mol. The molecule has 78 valence electrons. The first-order chi connectivity index (χ1) is 7.33. The fourth-order valence-corrected chi connectivity index (χ4v) is 3.48. The van der Waals surface area contributed by atoms with Crippen molar-refractivity contribution >= 4 is 21.7 Å². The first-order valence-electron chi connectivity index (χ1n) is 5.56. The molecule has 0 radical (unpaired) electrons. The number of aryl methyl sites for hydroxylation is 1. The Labute approximate surface area is 93.4 Å². The Balaban J connectivity index is 2.05. The van der Waals surface area contributed by atoms with Crippen LogP contribution in [0.1, 0.15) is 42.2 Å². The fourth-order valence-electron chi connectivity index (χ4n) is 2.28. The fraction of sp³-hybridized carbons (Fsp3) is 0.500. The lowest BCUT2D eigenvalue weighted by Crippen LogP contribution is -1.89. The van der Waals surface area contributed by atoms with Crippen LogP contribution in [0.3, 0.4) is 0 Å². The molecule has 0 saturated heterocycles. The molecule has 0 N–H and O–H groups in total. The zero-order chi connectivity index (χ0) is 10.3. The molecule has 2 heterocycles. The standard InChI is InChI=1S/C12H14N2S/c1-8-6-10-11(13-7-8)14-12(15-10)9-4-2-3-5-9/h6-7,9H,2-5H2,1H3. The van der Waals surface area contributed by atoms with Crippen LogP contribution < -0.4 is 0 Å². The van der Waals surface area contributed by atoms with Gasteiger partial charge in [-0.3, -0.25) is 0 Å². The van der Waals surface area contributed by atoms with Crippen molar-refractivity contribution in [2.24, 2.45) is 0 Å². The summed E-state index contributed by atoms with van der Waals surface area (Å²) in [6, 6.07) is 2.19. The van der Waals surface area contributed by atoms with Gasteiger partial charge in [-0.2, -0.15) is 0 Å². The second-order valence-electron chi connectivity index (χ2n) is 4.37. The van der Waals surface area contributed by atoms with Crippen LogP contribution in [0.15, 0.2) is 12.3 Å². The molecular weight excluding hydrogens is 204 g/mol. The molecule has 0 spiro atoms. The van der Waals surface area contributed by atoms with Crippen molar-refractivity contribution in [3.8, 4) is 0 Å². The van der Waals surface area contributed by atoms with Gasteiger partial charge in [0.15, 0.2) is 5.65 Å². The number of rotatable bonds is 1. The molecule has 1 saturated carbocycles. The van der Waals surface area contributed by atoms with E-state index in [0.717, 1.165) is 5.65 Å². The topological polar surface area (TPSA) is 25.8 Å². The Morgan fingerprint density at radius 3 is 2.93 bits per heavy atom. The molecule has 2 nitrogen and oxygen atoms in total. The Morgan fingerprint density at radius 2 is 2.13 bits per heavy atom. The van der Waals surface area contributed by atoms with E-state index in [1.54, 1.807) is 0 Å². The minimum atomic E-state index is 0.713. The molecule has 0 bridgehead atoms. The lowest BCUT2D eigenvalue weighted by Gasteiger charge is -2.01. The van der Waals surface area contributed by atoms with Gasteiger partial charge >= 0.3 is 0 Å². The largest absolute Gasteiger partial charge is 0.236 e. The van der Waals surface area contributed by atoms with E-state index < -0.39 is 0 Å². The number of pyridine rings is 1. The number of fused-ring (bicyclic) bond motifs is 1. The molecule has 1 aliphatic rings. The molecule has 0 amide bonds. The zero-order valence-corrected chi connectivity index (χ0v) is 9.68. The van der Waals surface area contributed by atoms with Crippen LogP contribution in [-0.2, 0) is 0 Å². The molecule has 3 heteroatoms. The summed E-state index contributed by atoms with van der Waals surface area (Å²) in [5.74, 6) is 0.713. The third kappa shape index (κ3) is 1.65. The summed E-state index contributed by atoms with van der Waals surface area (Å²) in [4.78, 5) is 9.02. The Morgan fingerprint density at radius 1 is 1.33 bits per heavy atom. The minimum absolute atomic E-state index is 0.713. The predicted octanol–water partition coefficient (Wildman–Crippen LogP) is 3.66. The van der Waals surface area contributed by atoms with Gasteiger partial charge in [0.2, 0.25) is 0 Å². The summed E-state index contributed by atoms with van der Waals surface area (Å²) < 4.78 is 1.25. The van der Waals surface area contributed by atoms with Crippen LogP contribution in [0.5, 0.6) is 0 Å². The summed E-state index contributed by atoms with van der Waals surface area (Å²) in [6.45, 7) is 2.08. The van der Waals surface area contributed by atoms with E-state index in [0.29, 0.717) is 5.92 Å². The van der Waals surface area contributed by atoms with E-state index in [2.05, 4.69) is 23.0 Å². The second kappa shape index (κ2) is 3.56. The van der Waals surface area contributed by atoms with Crippen LogP contribution in [0, 0.1) is 6.92 Å². The van der Waals surface area contributed by atoms with Crippen molar-refractivity contribution in [1.82, 2.24) is 9.97 Å².